The fourth-order valence-corrected chi connectivity index (χ4v) is 1.46. The molecule has 1 aromatic rings. The molecule has 0 saturated heterocycles. The van der Waals surface area contributed by atoms with Gasteiger partial charge < -0.3 is 10.5 Å². The summed E-state index contributed by atoms with van der Waals surface area (Å²) in [4.78, 5) is 0. The number of hydrogen-bond donors (Lipinski definition) is 1. The normalized spacial score (nSPS) is 19.3. The Bertz CT molecular complexity index is 320. The number of hydrogen-bond acceptors (Lipinski definition) is 2. The Balaban J connectivity index is 2.19. The number of fused-ring (bicyclic) bond motifs is 1. The Hall–Kier alpha value is -1.28. The molecule has 1 aromatic carbocycles. The summed E-state index contributed by atoms with van der Waals surface area (Å²) in [6.07, 6.45) is 5.19. The summed E-state index contributed by atoms with van der Waals surface area (Å²) in [5.41, 5.74) is 6.61. The molecule has 1 heterocycles. The highest BCUT2D eigenvalue weighted by Crippen LogP contribution is 2.25. The molecule has 2 nitrogen and oxygen atoms in total. The van der Waals surface area contributed by atoms with Crippen molar-refractivity contribution in [2.45, 2.75) is 12.5 Å². The average molecular weight is 175 g/mol. The van der Waals surface area contributed by atoms with E-state index in [0.29, 0.717) is 6.54 Å². The molecule has 1 unspecified atom stereocenters. The van der Waals surface area contributed by atoms with Crippen molar-refractivity contribution < 1.29 is 4.74 Å². The van der Waals surface area contributed by atoms with E-state index in [1.165, 1.54) is 0 Å². The lowest BCUT2D eigenvalue weighted by molar-refractivity contribution is 0.238. The van der Waals surface area contributed by atoms with E-state index in [1.54, 1.807) is 0 Å². The topological polar surface area (TPSA) is 35.2 Å². The molecule has 0 amide bonds. The molecule has 2 N–H and O–H groups in total. The molecule has 1 atom stereocenters. The van der Waals surface area contributed by atoms with Gasteiger partial charge >= 0.3 is 0 Å². The third-order valence-electron chi connectivity index (χ3n) is 2.14. The fraction of sp³-hybridized carbons (Fsp3) is 0.273. The second-order valence-corrected chi connectivity index (χ2v) is 3.13. The second-order valence-electron chi connectivity index (χ2n) is 3.13. The van der Waals surface area contributed by atoms with Gasteiger partial charge in [0.1, 0.15) is 11.9 Å². The summed E-state index contributed by atoms with van der Waals surface area (Å²) < 4.78 is 5.71. The van der Waals surface area contributed by atoms with Crippen molar-refractivity contribution in [1.29, 1.82) is 0 Å². The van der Waals surface area contributed by atoms with E-state index in [0.717, 1.165) is 17.7 Å². The number of ether oxygens (including phenoxy) is 1. The van der Waals surface area contributed by atoms with Gasteiger partial charge in [-0.3, -0.25) is 0 Å². The first-order valence-electron chi connectivity index (χ1n) is 4.54. The van der Waals surface area contributed by atoms with Crippen molar-refractivity contribution in [3.63, 3.8) is 0 Å². The Morgan fingerprint density at radius 3 is 3.00 bits per heavy atom. The van der Waals surface area contributed by atoms with Crippen LogP contribution in [0.1, 0.15) is 12.0 Å². The zero-order valence-corrected chi connectivity index (χ0v) is 7.44. The minimum Gasteiger partial charge on any atom is -0.486 e. The van der Waals surface area contributed by atoms with Crippen LogP contribution in [-0.4, -0.2) is 12.6 Å². The molecule has 0 radical (unpaired) electrons. The van der Waals surface area contributed by atoms with Crippen molar-refractivity contribution in [2.24, 2.45) is 5.73 Å². The van der Waals surface area contributed by atoms with E-state index >= 15 is 0 Å². The molecular formula is C11H13NO. The molecule has 0 fully saturated rings. The molecule has 0 saturated carbocycles. The highest BCUT2D eigenvalue weighted by molar-refractivity contribution is 5.59. The summed E-state index contributed by atoms with van der Waals surface area (Å²) in [6.45, 7) is 0.664. The zero-order chi connectivity index (χ0) is 9.10. The first kappa shape index (κ1) is 8.32. The van der Waals surface area contributed by atoms with Gasteiger partial charge in [-0.2, -0.15) is 0 Å². The molecule has 13 heavy (non-hydrogen) atoms. The van der Waals surface area contributed by atoms with E-state index in [4.69, 9.17) is 10.5 Å². The Morgan fingerprint density at radius 2 is 2.15 bits per heavy atom. The van der Waals surface area contributed by atoms with Gasteiger partial charge in [0, 0.05) is 12.0 Å². The minimum atomic E-state index is 0.153. The lowest BCUT2D eigenvalue weighted by Crippen LogP contribution is -2.20. The van der Waals surface area contributed by atoms with E-state index in [-0.39, 0.29) is 6.10 Å². The zero-order valence-electron chi connectivity index (χ0n) is 7.44. The van der Waals surface area contributed by atoms with E-state index in [9.17, 15) is 0 Å². The molecule has 2 rings (SSSR count). The van der Waals surface area contributed by atoms with Crippen molar-refractivity contribution in [2.75, 3.05) is 6.54 Å². The maximum absolute atomic E-state index is 5.71. The quantitative estimate of drug-likeness (QED) is 0.744. The predicted molar refractivity (Wildman–Crippen MR) is 53.6 cm³/mol. The van der Waals surface area contributed by atoms with Crippen LogP contribution in [0, 0.1) is 0 Å². The highest BCUT2D eigenvalue weighted by Gasteiger charge is 2.12. The van der Waals surface area contributed by atoms with Crippen LogP contribution in [0.15, 0.2) is 30.3 Å². The maximum atomic E-state index is 5.71. The average Bonchev–Trinajstić information content (AvgIpc) is 2.18. The molecule has 1 aliphatic heterocycles. The Kier molecular flexibility index (Phi) is 2.32. The minimum absolute atomic E-state index is 0.153. The summed E-state index contributed by atoms with van der Waals surface area (Å²) in [6, 6.07) is 8.03. The standard InChI is InChI=1S/C11H13NO/c12-8-7-10-6-5-9-3-1-2-4-11(9)13-10/h1-6,10H,7-8,12H2. The molecule has 1 aliphatic rings. The molecule has 0 aromatic heterocycles. The predicted octanol–water partition coefficient (Wildman–Crippen LogP) is 1.81. The van der Waals surface area contributed by atoms with Crippen molar-refractivity contribution >= 4 is 6.08 Å². The third-order valence-corrected chi connectivity index (χ3v) is 2.14. The first-order chi connectivity index (χ1) is 6.40. The molecule has 0 spiro atoms. The molecule has 0 bridgehead atoms. The summed E-state index contributed by atoms with van der Waals surface area (Å²) in [5, 5.41) is 0. The van der Waals surface area contributed by atoms with E-state index in [2.05, 4.69) is 12.2 Å². The first-order valence-corrected chi connectivity index (χ1v) is 4.54. The van der Waals surface area contributed by atoms with Crippen LogP contribution in [0.5, 0.6) is 5.75 Å². The van der Waals surface area contributed by atoms with Crippen LogP contribution in [0.25, 0.3) is 6.08 Å². The van der Waals surface area contributed by atoms with Crippen LogP contribution < -0.4 is 10.5 Å². The number of benzene rings is 1. The number of nitrogens with two attached hydrogens (primary N) is 1. The number of rotatable bonds is 2. The van der Waals surface area contributed by atoms with Crippen molar-refractivity contribution in [1.82, 2.24) is 0 Å². The smallest absolute Gasteiger partial charge is 0.127 e. The Labute approximate surface area is 78.0 Å². The van der Waals surface area contributed by atoms with Gasteiger partial charge in [0.2, 0.25) is 0 Å². The Morgan fingerprint density at radius 1 is 1.31 bits per heavy atom. The summed E-state index contributed by atoms with van der Waals surface area (Å²) in [5.74, 6) is 0.962. The van der Waals surface area contributed by atoms with Gasteiger partial charge in [0.15, 0.2) is 0 Å². The van der Waals surface area contributed by atoms with Gasteiger partial charge in [-0.1, -0.05) is 24.3 Å². The van der Waals surface area contributed by atoms with Crippen LogP contribution in [0.3, 0.4) is 0 Å². The fourth-order valence-electron chi connectivity index (χ4n) is 1.46. The van der Waals surface area contributed by atoms with E-state index < -0.39 is 0 Å². The summed E-state index contributed by atoms with van der Waals surface area (Å²) in [7, 11) is 0. The molecule has 0 aliphatic carbocycles. The maximum Gasteiger partial charge on any atom is 0.127 e. The van der Waals surface area contributed by atoms with Crippen LogP contribution in [0.4, 0.5) is 0 Å². The number of para-hydroxylation sites is 1. The molecule has 68 valence electrons. The lowest BCUT2D eigenvalue weighted by atomic mass is 10.1. The lowest BCUT2D eigenvalue weighted by Gasteiger charge is -2.20. The van der Waals surface area contributed by atoms with Crippen LogP contribution in [0.2, 0.25) is 0 Å². The second kappa shape index (κ2) is 3.62. The largest absolute Gasteiger partial charge is 0.486 e. The van der Waals surface area contributed by atoms with Crippen molar-refractivity contribution in [3.8, 4) is 5.75 Å². The monoisotopic (exact) mass is 175 g/mol. The molecular weight excluding hydrogens is 162 g/mol. The highest BCUT2D eigenvalue weighted by atomic mass is 16.5. The van der Waals surface area contributed by atoms with Gasteiger partial charge in [0.25, 0.3) is 0 Å². The van der Waals surface area contributed by atoms with Gasteiger partial charge in [-0.05, 0) is 18.7 Å². The van der Waals surface area contributed by atoms with E-state index in [1.807, 2.05) is 24.3 Å². The third kappa shape index (κ3) is 1.73. The van der Waals surface area contributed by atoms with Gasteiger partial charge in [0.05, 0.1) is 0 Å². The summed E-state index contributed by atoms with van der Waals surface area (Å²) >= 11 is 0. The van der Waals surface area contributed by atoms with Crippen LogP contribution >= 0.6 is 0 Å². The van der Waals surface area contributed by atoms with Gasteiger partial charge in [-0.25, -0.2) is 0 Å². The van der Waals surface area contributed by atoms with Crippen molar-refractivity contribution in [3.05, 3.63) is 35.9 Å². The molecule has 2 heteroatoms. The SMILES string of the molecule is NCCC1C=Cc2ccccc2O1. The van der Waals surface area contributed by atoms with Gasteiger partial charge in [-0.15, -0.1) is 0 Å². The van der Waals surface area contributed by atoms with Crippen LogP contribution in [-0.2, 0) is 0 Å².